The zero-order valence-electron chi connectivity index (χ0n) is 12.0. The fourth-order valence-corrected chi connectivity index (χ4v) is 3.27. The second-order valence-electron chi connectivity index (χ2n) is 5.32. The van der Waals surface area contributed by atoms with E-state index in [-0.39, 0.29) is 5.91 Å². The van der Waals surface area contributed by atoms with E-state index in [9.17, 15) is 4.79 Å². The Hall–Kier alpha value is -1.75. The molecule has 1 saturated heterocycles. The van der Waals surface area contributed by atoms with Gasteiger partial charge in [-0.2, -0.15) is 0 Å². The lowest BCUT2D eigenvalue weighted by atomic mass is 10.2. The van der Waals surface area contributed by atoms with E-state index in [1.807, 2.05) is 42.1 Å². The van der Waals surface area contributed by atoms with E-state index in [1.165, 1.54) is 12.8 Å². The molecule has 0 bridgehead atoms. The largest absolute Gasteiger partial charge is 0.370 e. The van der Waals surface area contributed by atoms with E-state index in [0.717, 1.165) is 28.9 Å². The van der Waals surface area contributed by atoms with Crippen LogP contribution < -0.4 is 10.2 Å². The number of para-hydroxylation sites is 2. The molecule has 1 fully saturated rings. The minimum Gasteiger partial charge on any atom is -0.370 e. The molecule has 1 N–H and O–H groups in total. The topological polar surface area (TPSA) is 37.3 Å². The van der Waals surface area contributed by atoms with Gasteiger partial charge in [0.05, 0.1) is 11.4 Å². The van der Waals surface area contributed by atoms with Crippen molar-refractivity contribution in [2.75, 3.05) is 23.3 Å². The molecule has 2 aromatic rings. The average Bonchev–Trinajstić information content (AvgIpc) is 3.09. The lowest BCUT2D eigenvalue weighted by molar-refractivity contribution is 0.101. The molecule has 1 aromatic carbocycles. The average molecular weight is 348 g/mol. The number of nitrogens with zero attached hydrogens (tertiary/aromatic N) is 2. The molecular formula is C16H18BrN3O. The van der Waals surface area contributed by atoms with Gasteiger partial charge in [0.15, 0.2) is 0 Å². The van der Waals surface area contributed by atoms with E-state index >= 15 is 0 Å². The Balaban J connectivity index is 1.84. The molecular weight excluding hydrogens is 330 g/mol. The summed E-state index contributed by atoms with van der Waals surface area (Å²) in [5.74, 6) is -0.0881. The zero-order valence-corrected chi connectivity index (χ0v) is 13.6. The Morgan fingerprint density at radius 2 is 1.95 bits per heavy atom. The highest BCUT2D eigenvalue weighted by molar-refractivity contribution is 9.10. The summed E-state index contributed by atoms with van der Waals surface area (Å²) >= 11 is 3.40. The number of hydrogen-bond acceptors (Lipinski definition) is 2. The van der Waals surface area contributed by atoms with Crippen molar-refractivity contribution in [1.82, 2.24) is 4.57 Å². The van der Waals surface area contributed by atoms with Crippen LogP contribution >= 0.6 is 15.9 Å². The van der Waals surface area contributed by atoms with Gasteiger partial charge in [0.2, 0.25) is 0 Å². The standard InChI is InChI=1S/C16H18BrN3O/c1-19-11-12(17)10-15(19)16(21)18-13-6-2-3-7-14(13)20-8-4-5-9-20/h2-3,6-7,10-11H,4-5,8-9H2,1H3,(H,18,21). The van der Waals surface area contributed by atoms with E-state index in [1.54, 1.807) is 0 Å². The van der Waals surface area contributed by atoms with Crippen LogP contribution in [-0.2, 0) is 7.05 Å². The minimum atomic E-state index is -0.0881. The molecule has 21 heavy (non-hydrogen) atoms. The Bertz CT molecular complexity index is 659. The van der Waals surface area contributed by atoms with Crippen molar-refractivity contribution in [3.63, 3.8) is 0 Å². The fourth-order valence-electron chi connectivity index (χ4n) is 2.75. The van der Waals surface area contributed by atoms with Crippen molar-refractivity contribution in [3.8, 4) is 0 Å². The highest BCUT2D eigenvalue weighted by Crippen LogP contribution is 2.29. The van der Waals surface area contributed by atoms with Crippen molar-refractivity contribution in [1.29, 1.82) is 0 Å². The van der Waals surface area contributed by atoms with Gasteiger partial charge >= 0.3 is 0 Å². The molecule has 0 radical (unpaired) electrons. The second-order valence-corrected chi connectivity index (χ2v) is 6.24. The van der Waals surface area contributed by atoms with E-state index < -0.39 is 0 Å². The maximum atomic E-state index is 12.4. The molecule has 0 spiro atoms. The van der Waals surface area contributed by atoms with Crippen LogP contribution in [0.1, 0.15) is 23.3 Å². The van der Waals surface area contributed by atoms with Gasteiger partial charge < -0.3 is 14.8 Å². The number of halogens is 1. The van der Waals surface area contributed by atoms with Crippen molar-refractivity contribution in [2.24, 2.45) is 7.05 Å². The number of carbonyl (C=O) groups is 1. The number of nitrogens with one attached hydrogen (secondary N) is 1. The first-order valence-electron chi connectivity index (χ1n) is 7.12. The summed E-state index contributed by atoms with van der Waals surface area (Å²) in [5, 5.41) is 3.04. The molecule has 1 amide bonds. The van der Waals surface area contributed by atoms with Crippen LogP contribution in [0.15, 0.2) is 41.0 Å². The normalized spacial score (nSPS) is 14.5. The first-order chi connectivity index (χ1) is 10.1. The Morgan fingerprint density at radius 1 is 1.24 bits per heavy atom. The van der Waals surface area contributed by atoms with E-state index in [0.29, 0.717) is 5.69 Å². The third-order valence-corrected chi connectivity index (χ3v) is 4.24. The van der Waals surface area contributed by atoms with Gasteiger partial charge in [0, 0.05) is 30.8 Å². The van der Waals surface area contributed by atoms with Crippen LogP contribution in [0.2, 0.25) is 0 Å². The first kappa shape index (κ1) is 14.2. The maximum Gasteiger partial charge on any atom is 0.272 e. The van der Waals surface area contributed by atoms with Gasteiger partial charge in [-0.3, -0.25) is 4.79 Å². The van der Waals surface area contributed by atoms with Crippen molar-refractivity contribution in [2.45, 2.75) is 12.8 Å². The summed E-state index contributed by atoms with van der Waals surface area (Å²) in [4.78, 5) is 14.8. The van der Waals surface area contributed by atoms with Crippen molar-refractivity contribution in [3.05, 3.63) is 46.7 Å². The lowest BCUT2D eigenvalue weighted by Crippen LogP contribution is -2.21. The van der Waals surface area contributed by atoms with Gasteiger partial charge in [-0.05, 0) is 47.0 Å². The summed E-state index contributed by atoms with van der Waals surface area (Å²) in [5.41, 5.74) is 2.62. The molecule has 1 aliphatic rings. The third kappa shape index (κ3) is 2.97. The maximum absolute atomic E-state index is 12.4. The molecule has 2 heterocycles. The lowest BCUT2D eigenvalue weighted by Gasteiger charge is -2.21. The summed E-state index contributed by atoms with van der Waals surface area (Å²) in [7, 11) is 1.87. The molecule has 3 rings (SSSR count). The predicted molar refractivity (Wildman–Crippen MR) is 89.0 cm³/mol. The third-order valence-electron chi connectivity index (χ3n) is 3.80. The van der Waals surface area contributed by atoms with Gasteiger partial charge in [0.1, 0.15) is 5.69 Å². The van der Waals surface area contributed by atoms with Crippen LogP contribution in [-0.4, -0.2) is 23.6 Å². The Kier molecular flexibility index (Phi) is 4.01. The molecule has 1 aliphatic heterocycles. The van der Waals surface area contributed by atoms with Crippen LogP contribution in [0, 0.1) is 0 Å². The van der Waals surface area contributed by atoms with E-state index in [2.05, 4.69) is 32.2 Å². The predicted octanol–water partition coefficient (Wildman–Crippen LogP) is 3.64. The number of anilines is 2. The fraction of sp³-hybridized carbons (Fsp3) is 0.312. The van der Waals surface area contributed by atoms with Crippen LogP contribution in [0.25, 0.3) is 0 Å². The number of benzene rings is 1. The summed E-state index contributed by atoms with van der Waals surface area (Å²) in [6, 6.07) is 9.83. The van der Waals surface area contributed by atoms with Crippen molar-refractivity contribution < 1.29 is 4.79 Å². The summed E-state index contributed by atoms with van der Waals surface area (Å²) < 4.78 is 2.72. The Morgan fingerprint density at radius 3 is 2.62 bits per heavy atom. The smallest absolute Gasteiger partial charge is 0.272 e. The molecule has 110 valence electrons. The minimum absolute atomic E-state index is 0.0881. The molecule has 0 unspecified atom stereocenters. The molecule has 1 aromatic heterocycles. The summed E-state index contributed by atoms with van der Waals surface area (Å²) in [6.07, 6.45) is 4.31. The molecule has 0 saturated carbocycles. The number of carbonyl (C=O) groups excluding carboxylic acids is 1. The van der Waals surface area contributed by atoms with Gasteiger partial charge in [-0.1, -0.05) is 12.1 Å². The second kappa shape index (κ2) is 5.93. The highest BCUT2D eigenvalue weighted by Gasteiger charge is 2.18. The number of amides is 1. The van der Waals surface area contributed by atoms with Crippen LogP contribution in [0.5, 0.6) is 0 Å². The molecule has 5 heteroatoms. The van der Waals surface area contributed by atoms with E-state index in [4.69, 9.17) is 0 Å². The summed E-state index contributed by atoms with van der Waals surface area (Å²) in [6.45, 7) is 2.12. The van der Waals surface area contributed by atoms with Gasteiger partial charge in [-0.25, -0.2) is 0 Å². The Labute approximate surface area is 132 Å². The zero-order chi connectivity index (χ0) is 14.8. The molecule has 0 aliphatic carbocycles. The number of hydrogen-bond donors (Lipinski definition) is 1. The van der Waals surface area contributed by atoms with Gasteiger partial charge in [-0.15, -0.1) is 0 Å². The van der Waals surface area contributed by atoms with Crippen LogP contribution in [0.4, 0.5) is 11.4 Å². The van der Waals surface area contributed by atoms with Crippen LogP contribution in [0.3, 0.4) is 0 Å². The van der Waals surface area contributed by atoms with Gasteiger partial charge in [0.25, 0.3) is 5.91 Å². The SMILES string of the molecule is Cn1cc(Br)cc1C(=O)Nc1ccccc1N1CCCC1. The van der Waals surface area contributed by atoms with Crippen molar-refractivity contribution >= 4 is 33.2 Å². The number of rotatable bonds is 3. The first-order valence-corrected chi connectivity index (χ1v) is 7.91. The highest BCUT2D eigenvalue weighted by atomic mass is 79.9. The molecule has 4 nitrogen and oxygen atoms in total. The number of aryl methyl sites for hydroxylation is 1. The monoisotopic (exact) mass is 347 g/mol. The quantitative estimate of drug-likeness (QED) is 0.920. The molecule has 0 atom stereocenters. The number of aromatic nitrogens is 1.